The summed E-state index contributed by atoms with van der Waals surface area (Å²) in [5.74, 6) is 0.917. The molecule has 1 fully saturated rings. The molecule has 1 amide bonds. The summed E-state index contributed by atoms with van der Waals surface area (Å²) < 4.78 is 24.8. The van der Waals surface area contributed by atoms with E-state index >= 15 is 0 Å². The molecule has 1 aromatic carbocycles. The number of benzene rings is 1. The number of hydrogen-bond donors (Lipinski definition) is 2. The first kappa shape index (κ1) is 29.2. The Morgan fingerprint density at radius 3 is 2.50 bits per heavy atom. The van der Waals surface area contributed by atoms with Crippen molar-refractivity contribution in [2.75, 3.05) is 35.6 Å². The van der Waals surface area contributed by atoms with Crippen LogP contribution in [-0.4, -0.2) is 57.8 Å². The van der Waals surface area contributed by atoms with Gasteiger partial charge < -0.3 is 16.0 Å². The quantitative estimate of drug-likeness (QED) is 0.356. The summed E-state index contributed by atoms with van der Waals surface area (Å²) in [6.45, 7) is 12.6. The van der Waals surface area contributed by atoms with Gasteiger partial charge in [0.2, 0.25) is 21.6 Å². The van der Waals surface area contributed by atoms with Gasteiger partial charge >= 0.3 is 0 Å². The summed E-state index contributed by atoms with van der Waals surface area (Å²) in [6.07, 6.45) is 3.09. The van der Waals surface area contributed by atoms with Crippen molar-refractivity contribution in [3.8, 4) is 6.07 Å². The molecule has 0 aliphatic carbocycles. The number of carbonyl (C=O) groups excluding carboxylic acids is 1. The van der Waals surface area contributed by atoms with E-state index in [1.165, 1.54) is 23.1 Å². The van der Waals surface area contributed by atoms with Crippen LogP contribution in [0.15, 0.2) is 29.3 Å². The first-order chi connectivity index (χ1) is 18.0. The first-order valence-electron chi connectivity index (χ1n) is 12.3. The lowest BCUT2D eigenvalue weighted by Gasteiger charge is -2.34. The summed E-state index contributed by atoms with van der Waals surface area (Å²) in [5.41, 5.74) is 8.69. The van der Waals surface area contributed by atoms with Crippen molar-refractivity contribution in [2.45, 2.75) is 56.0 Å². The van der Waals surface area contributed by atoms with Gasteiger partial charge in [0, 0.05) is 31.9 Å². The predicted molar refractivity (Wildman–Crippen MR) is 151 cm³/mol. The average molecular weight is 556 g/mol. The molecule has 0 spiro atoms. The molecule has 1 aliphatic heterocycles. The maximum absolute atomic E-state index is 12.0. The van der Waals surface area contributed by atoms with Gasteiger partial charge in [-0.25, -0.2) is 18.2 Å². The standard InChI is InChI=1S/C26H33N7O3S2/c1-6-21-22(15-27)26(37-16-18-7-9-20(10-8-18)32(4)38(5,35)36)31-24(23(21)29-3)33-13-11-19(12-14-33)30-25(34)17(2)28/h7-10,17,19H,6,11-14,16,28H2,1-2,4-5H3,(H,30,34)/t17-/m1/s1. The number of carbonyl (C=O) groups is 1. The van der Waals surface area contributed by atoms with Gasteiger partial charge in [0.25, 0.3) is 0 Å². The van der Waals surface area contributed by atoms with Gasteiger partial charge in [-0.3, -0.25) is 9.10 Å². The molecule has 3 rings (SSSR count). The van der Waals surface area contributed by atoms with E-state index in [2.05, 4.69) is 21.1 Å². The highest BCUT2D eigenvalue weighted by atomic mass is 32.2. The van der Waals surface area contributed by atoms with Gasteiger partial charge in [0.15, 0.2) is 0 Å². The second-order valence-corrected chi connectivity index (χ2v) is 12.2. The Kier molecular flexibility index (Phi) is 9.60. The molecule has 38 heavy (non-hydrogen) atoms. The summed E-state index contributed by atoms with van der Waals surface area (Å²) >= 11 is 1.42. The molecular weight excluding hydrogens is 522 g/mol. The van der Waals surface area contributed by atoms with Gasteiger partial charge in [-0.2, -0.15) is 5.26 Å². The molecular formula is C26H33N7O3S2. The normalized spacial score (nSPS) is 14.9. The largest absolute Gasteiger partial charge is 0.365 e. The van der Waals surface area contributed by atoms with Crippen LogP contribution in [0.2, 0.25) is 0 Å². The number of piperidine rings is 1. The minimum Gasteiger partial charge on any atom is -0.365 e. The number of rotatable bonds is 9. The molecule has 0 bridgehead atoms. The van der Waals surface area contributed by atoms with Crippen molar-refractivity contribution in [2.24, 2.45) is 5.73 Å². The number of aromatic nitrogens is 1. The van der Waals surface area contributed by atoms with Crippen LogP contribution < -0.4 is 20.3 Å². The zero-order valence-corrected chi connectivity index (χ0v) is 23.7. The summed E-state index contributed by atoms with van der Waals surface area (Å²) in [7, 11) is -1.84. The maximum Gasteiger partial charge on any atom is 0.236 e. The number of sulfonamides is 1. The summed E-state index contributed by atoms with van der Waals surface area (Å²) in [4.78, 5) is 22.6. The third-order valence-electron chi connectivity index (χ3n) is 6.53. The van der Waals surface area contributed by atoms with Gasteiger partial charge in [0.1, 0.15) is 16.9 Å². The van der Waals surface area contributed by atoms with E-state index in [4.69, 9.17) is 17.3 Å². The second-order valence-electron chi connectivity index (χ2n) is 9.26. The van der Waals surface area contributed by atoms with Crippen LogP contribution in [0.1, 0.15) is 43.4 Å². The molecule has 0 unspecified atom stereocenters. The Bertz CT molecular complexity index is 1360. The van der Waals surface area contributed by atoms with E-state index < -0.39 is 16.1 Å². The van der Waals surface area contributed by atoms with Crippen LogP contribution in [0.4, 0.5) is 17.2 Å². The maximum atomic E-state index is 12.0. The lowest BCUT2D eigenvalue weighted by Crippen LogP contribution is -2.49. The van der Waals surface area contributed by atoms with Crippen LogP contribution in [0.5, 0.6) is 0 Å². The number of pyridine rings is 1. The van der Waals surface area contributed by atoms with E-state index in [0.717, 1.165) is 11.8 Å². The Balaban J connectivity index is 1.84. The number of nitriles is 1. The number of hydrogen-bond acceptors (Lipinski definition) is 8. The molecule has 1 saturated heterocycles. The molecule has 1 atom stereocenters. The number of amides is 1. The fourth-order valence-corrected chi connectivity index (χ4v) is 5.67. The van der Waals surface area contributed by atoms with Crippen LogP contribution in [-0.2, 0) is 27.0 Å². The second kappa shape index (κ2) is 12.5. The Morgan fingerprint density at radius 1 is 1.37 bits per heavy atom. The molecule has 10 nitrogen and oxygen atoms in total. The summed E-state index contributed by atoms with van der Waals surface area (Å²) in [6, 6.07) is 8.91. The molecule has 1 aliphatic rings. The highest BCUT2D eigenvalue weighted by Crippen LogP contribution is 2.39. The van der Waals surface area contributed by atoms with Crippen LogP contribution >= 0.6 is 11.8 Å². The van der Waals surface area contributed by atoms with Crippen LogP contribution in [0.25, 0.3) is 4.85 Å². The van der Waals surface area contributed by atoms with Gasteiger partial charge in [0.05, 0.1) is 30.1 Å². The smallest absolute Gasteiger partial charge is 0.236 e. The third kappa shape index (κ3) is 6.76. The van der Waals surface area contributed by atoms with E-state index in [9.17, 15) is 18.5 Å². The molecule has 0 radical (unpaired) electrons. The number of nitrogens with one attached hydrogen (secondary N) is 1. The fraction of sp³-hybridized carbons (Fsp3) is 0.462. The van der Waals surface area contributed by atoms with Crippen molar-refractivity contribution >= 4 is 44.9 Å². The van der Waals surface area contributed by atoms with E-state index in [1.807, 2.05) is 19.1 Å². The monoisotopic (exact) mass is 555 g/mol. The fourth-order valence-electron chi connectivity index (χ4n) is 4.20. The molecule has 2 aromatic rings. The average Bonchev–Trinajstić information content (AvgIpc) is 2.90. The molecule has 2 heterocycles. The highest BCUT2D eigenvalue weighted by Gasteiger charge is 2.27. The van der Waals surface area contributed by atoms with Crippen LogP contribution in [0, 0.1) is 17.9 Å². The number of nitrogens with two attached hydrogens (primary N) is 1. The van der Waals surface area contributed by atoms with Crippen molar-refractivity contribution in [1.29, 1.82) is 5.26 Å². The number of thioether (sulfide) groups is 1. The van der Waals surface area contributed by atoms with E-state index in [0.29, 0.717) is 71.5 Å². The molecule has 202 valence electrons. The van der Waals surface area contributed by atoms with Crippen molar-refractivity contribution in [1.82, 2.24) is 10.3 Å². The Labute approximate surface area is 229 Å². The van der Waals surface area contributed by atoms with Gasteiger partial charge in [-0.15, -0.1) is 11.8 Å². The van der Waals surface area contributed by atoms with Crippen LogP contribution in [0.3, 0.4) is 0 Å². The number of nitrogens with zero attached hydrogens (tertiary/aromatic N) is 5. The summed E-state index contributed by atoms with van der Waals surface area (Å²) in [5, 5.41) is 13.5. The van der Waals surface area contributed by atoms with Crippen molar-refractivity contribution in [3.63, 3.8) is 0 Å². The molecule has 1 aromatic heterocycles. The minimum atomic E-state index is -3.35. The highest BCUT2D eigenvalue weighted by molar-refractivity contribution is 7.98. The topological polar surface area (TPSA) is 137 Å². The van der Waals surface area contributed by atoms with Gasteiger partial charge in [-0.1, -0.05) is 19.1 Å². The van der Waals surface area contributed by atoms with Crippen molar-refractivity contribution in [3.05, 3.63) is 52.4 Å². The van der Waals surface area contributed by atoms with Crippen molar-refractivity contribution < 1.29 is 13.2 Å². The van der Waals surface area contributed by atoms with E-state index in [-0.39, 0.29) is 11.9 Å². The lowest BCUT2D eigenvalue weighted by atomic mass is 10.0. The zero-order chi connectivity index (χ0) is 28.0. The molecule has 12 heteroatoms. The van der Waals surface area contributed by atoms with E-state index in [1.54, 1.807) is 19.1 Å². The SMILES string of the molecule is [C-]#[N+]c1c(N2CCC(NC(=O)[C@@H](C)N)CC2)nc(SCc2ccc(N(C)S(C)(=O)=O)cc2)c(C#N)c1CC. The zero-order valence-electron chi connectivity index (χ0n) is 22.1. The first-order valence-corrected chi connectivity index (χ1v) is 15.1. The molecule has 3 N–H and O–H groups in total. The Morgan fingerprint density at radius 2 is 2.00 bits per heavy atom. The lowest BCUT2D eigenvalue weighted by molar-refractivity contribution is -0.122. The van der Waals surface area contributed by atoms with Gasteiger partial charge in [-0.05, 0) is 49.4 Å². The minimum absolute atomic E-state index is 0.0173. The number of anilines is 2. The third-order valence-corrected chi connectivity index (χ3v) is 8.78. The molecule has 0 saturated carbocycles. The predicted octanol–water partition coefficient (Wildman–Crippen LogP) is 3.19. The Hall–Kier alpha value is -3.32.